The van der Waals surface area contributed by atoms with Gasteiger partial charge in [0.2, 0.25) is 0 Å². The lowest BCUT2D eigenvalue weighted by atomic mass is 9.82. The van der Waals surface area contributed by atoms with Gasteiger partial charge in [0.15, 0.2) is 0 Å². The SMILES string of the molecule is Cc1cc2c(o1)C(N)C1(CC2)CC1. The molecule has 1 unspecified atom stereocenters. The topological polar surface area (TPSA) is 39.2 Å². The minimum absolute atomic E-state index is 0.171. The van der Waals surface area contributed by atoms with Crippen LogP contribution >= 0.6 is 0 Å². The molecule has 1 atom stereocenters. The summed E-state index contributed by atoms with van der Waals surface area (Å²) >= 11 is 0. The maximum Gasteiger partial charge on any atom is 0.124 e. The zero-order valence-corrected chi connectivity index (χ0v) is 7.97. The van der Waals surface area contributed by atoms with E-state index in [-0.39, 0.29) is 6.04 Å². The lowest BCUT2D eigenvalue weighted by molar-refractivity contribution is 0.297. The molecule has 0 saturated heterocycles. The van der Waals surface area contributed by atoms with Crippen molar-refractivity contribution in [2.45, 2.75) is 38.6 Å². The predicted molar refractivity (Wildman–Crippen MR) is 50.4 cm³/mol. The van der Waals surface area contributed by atoms with Gasteiger partial charge in [-0.05, 0) is 49.7 Å². The molecule has 2 aliphatic rings. The third-order valence-corrected chi connectivity index (χ3v) is 3.69. The third-order valence-electron chi connectivity index (χ3n) is 3.69. The molecule has 1 saturated carbocycles. The van der Waals surface area contributed by atoms with Crippen molar-refractivity contribution in [2.24, 2.45) is 11.1 Å². The number of fused-ring (bicyclic) bond motifs is 1. The van der Waals surface area contributed by atoms with E-state index in [1.165, 1.54) is 31.2 Å². The van der Waals surface area contributed by atoms with Crippen LogP contribution in [0.2, 0.25) is 0 Å². The Hall–Kier alpha value is -0.760. The van der Waals surface area contributed by atoms with Crippen molar-refractivity contribution in [3.05, 3.63) is 23.2 Å². The first-order chi connectivity index (χ1) is 6.21. The summed E-state index contributed by atoms with van der Waals surface area (Å²) in [5.41, 5.74) is 7.98. The van der Waals surface area contributed by atoms with Gasteiger partial charge < -0.3 is 10.2 Å². The van der Waals surface area contributed by atoms with Crippen LogP contribution in [0.25, 0.3) is 0 Å². The molecule has 2 aliphatic carbocycles. The predicted octanol–water partition coefficient (Wildman–Crippen LogP) is 2.31. The maximum absolute atomic E-state index is 6.21. The van der Waals surface area contributed by atoms with Gasteiger partial charge in [0.1, 0.15) is 11.5 Å². The first kappa shape index (κ1) is 7.63. The van der Waals surface area contributed by atoms with E-state index in [4.69, 9.17) is 10.2 Å². The zero-order valence-electron chi connectivity index (χ0n) is 7.97. The first-order valence-electron chi connectivity index (χ1n) is 5.06. The summed E-state index contributed by atoms with van der Waals surface area (Å²) in [4.78, 5) is 0. The fourth-order valence-electron chi connectivity index (χ4n) is 2.58. The highest BCUT2D eigenvalue weighted by Gasteiger charge is 2.51. The summed E-state index contributed by atoms with van der Waals surface area (Å²) in [6.07, 6.45) is 5.03. The van der Waals surface area contributed by atoms with Crippen LogP contribution in [0.4, 0.5) is 0 Å². The molecular formula is C11H15NO. The van der Waals surface area contributed by atoms with Crippen molar-refractivity contribution in [3.8, 4) is 0 Å². The second kappa shape index (κ2) is 2.18. The van der Waals surface area contributed by atoms with Crippen molar-refractivity contribution in [3.63, 3.8) is 0 Å². The van der Waals surface area contributed by atoms with Crippen LogP contribution in [0.3, 0.4) is 0 Å². The fourth-order valence-corrected chi connectivity index (χ4v) is 2.58. The van der Waals surface area contributed by atoms with Crippen LogP contribution in [0.1, 0.15) is 42.4 Å². The van der Waals surface area contributed by atoms with E-state index in [1.54, 1.807) is 0 Å². The Bertz CT molecular complexity index is 349. The van der Waals surface area contributed by atoms with E-state index < -0.39 is 0 Å². The minimum atomic E-state index is 0.171. The lowest BCUT2D eigenvalue weighted by Gasteiger charge is -2.27. The summed E-state index contributed by atoms with van der Waals surface area (Å²) in [5.74, 6) is 2.08. The molecule has 1 aromatic heterocycles. The normalized spacial score (nSPS) is 28.9. The van der Waals surface area contributed by atoms with E-state index in [0.717, 1.165) is 11.5 Å². The molecule has 1 heterocycles. The molecule has 2 nitrogen and oxygen atoms in total. The average molecular weight is 177 g/mol. The summed E-state index contributed by atoms with van der Waals surface area (Å²) in [6.45, 7) is 2.00. The molecule has 0 radical (unpaired) electrons. The van der Waals surface area contributed by atoms with E-state index in [9.17, 15) is 0 Å². The molecular weight excluding hydrogens is 162 g/mol. The number of hydrogen-bond acceptors (Lipinski definition) is 2. The quantitative estimate of drug-likeness (QED) is 0.660. The van der Waals surface area contributed by atoms with E-state index in [1.807, 2.05) is 6.92 Å². The number of nitrogens with two attached hydrogens (primary N) is 1. The molecule has 1 fully saturated rings. The molecule has 13 heavy (non-hydrogen) atoms. The van der Waals surface area contributed by atoms with Gasteiger partial charge in [-0.25, -0.2) is 0 Å². The van der Waals surface area contributed by atoms with Crippen molar-refractivity contribution in [1.29, 1.82) is 0 Å². The Morgan fingerprint density at radius 1 is 1.46 bits per heavy atom. The highest BCUT2D eigenvalue weighted by Crippen LogP contribution is 2.60. The molecule has 2 N–H and O–H groups in total. The van der Waals surface area contributed by atoms with Gasteiger partial charge >= 0.3 is 0 Å². The molecule has 0 amide bonds. The van der Waals surface area contributed by atoms with E-state index in [2.05, 4.69) is 6.07 Å². The lowest BCUT2D eigenvalue weighted by Crippen LogP contribution is -2.27. The molecule has 1 spiro atoms. The summed E-state index contributed by atoms with van der Waals surface area (Å²) in [5, 5.41) is 0. The van der Waals surface area contributed by atoms with Gasteiger partial charge in [0, 0.05) is 0 Å². The molecule has 0 aliphatic heterocycles. The van der Waals surface area contributed by atoms with Gasteiger partial charge in [-0.1, -0.05) is 0 Å². The third kappa shape index (κ3) is 0.923. The van der Waals surface area contributed by atoms with Crippen LogP contribution in [-0.4, -0.2) is 0 Å². The van der Waals surface area contributed by atoms with Crippen LogP contribution in [0.5, 0.6) is 0 Å². The number of hydrogen-bond donors (Lipinski definition) is 1. The largest absolute Gasteiger partial charge is 0.464 e. The molecule has 2 heteroatoms. The standard InChI is InChI=1S/C11H15NO/c1-7-6-8-2-3-11(4-5-11)10(12)9(8)13-7/h6,10H,2-5,12H2,1H3. The second-order valence-corrected chi connectivity index (χ2v) is 4.59. The van der Waals surface area contributed by atoms with Gasteiger partial charge in [-0.15, -0.1) is 0 Å². The van der Waals surface area contributed by atoms with Crippen LogP contribution < -0.4 is 5.73 Å². The van der Waals surface area contributed by atoms with E-state index >= 15 is 0 Å². The fraction of sp³-hybridized carbons (Fsp3) is 0.636. The Morgan fingerprint density at radius 3 is 2.92 bits per heavy atom. The van der Waals surface area contributed by atoms with Gasteiger partial charge in [0.05, 0.1) is 6.04 Å². The Labute approximate surface area is 78.1 Å². The zero-order chi connectivity index (χ0) is 9.05. The molecule has 0 aromatic carbocycles. The Morgan fingerprint density at radius 2 is 2.23 bits per heavy atom. The van der Waals surface area contributed by atoms with Gasteiger partial charge in [0.25, 0.3) is 0 Å². The molecule has 3 rings (SSSR count). The van der Waals surface area contributed by atoms with Gasteiger partial charge in [-0.3, -0.25) is 0 Å². The van der Waals surface area contributed by atoms with Crippen LogP contribution in [0.15, 0.2) is 10.5 Å². The molecule has 70 valence electrons. The van der Waals surface area contributed by atoms with Crippen molar-refractivity contribution >= 4 is 0 Å². The van der Waals surface area contributed by atoms with Crippen LogP contribution in [-0.2, 0) is 6.42 Å². The maximum atomic E-state index is 6.21. The monoisotopic (exact) mass is 177 g/mol. The number of rotatable bonds is 0. The van der Waals surface area contributed by atoms with Crippen molar-refractivity contribution < 1.29 is 4.42 Å². The highest BCUT2D eigenvalue weighted by atomic mass is 16.3. The number of furan rings is 1. The Balaban J connectivity index is 2.07. The summed E-state index contributed by atoms with van der Waals surface area (Å²) in [7, 11) is 0. The van der Waals surface area contributed by atoms with Crippen LogP contribution in [0, 0.1) is 12.3 Å². The molecule has 1 aromatic rings. The molecule has 0 bridgehead atoms. The summed E-state index contributed by atoms with van der Waals surface area (Å²) in [6, 6.07) is 2.31. The summed E-state index contributed by atoms with van der Waals surface area (Å²) < 4.78 is 5.67. The first-order valence-corrected chi connectivity index (χ1v) is 5.06. The average Bonchev–Trinajstić information content (AvgIpc) is 2.78. The highest BCUT2D eigenvalue weighted by molar-refractivity contribution is 5.30. The Kier molecular flexibility index (Phi) is 1.28. The van der Waals surface area contributed by atoms with E-state index in [0.29, 0.717) is 5.41 Å². The smallest absolute Gasteiger partial charge is 0.124 e. The minimum Gasteiger partial charge on any atom is -0.464 e. The van der Waals surface area contributed by atoms with Gasteiger partial charge in [-0.2, -0.15) is 0 Å². The second-order valence-electron chi connectivity index (χ2n) is 4.59. The number of aryl methyl sites for hydroxylation is 2. The van der Waals surface area contributed by atoms with Crippen molar-refractivity contribution in [1.82, 2.24) is 0 Å². The van der Waals surface area contributed by atoms with Crippen molar-refractivity contribution in [2.75, 3.05) is 0 Å².